The van der Waals surface area contributed by atoms with Crippen molar-refractivity contribution < 1.29 is 9.59 Å². The molecule has 9 nitrogen and oxygen atoms in total. The number of aryl methyl sites for hydroxylation is 1. The smallest absolute Gasteiger partial charge is 0.325 e. The van der Waals surface area contributed by atoms with E-state index in [0.717, 1.165) is 33.3 Å². The number of fused-ring (bicyclic) bond motifs is 1. The van der Waals surface area contributed by atoms with Crippen LogP contribution in [0, 0.1) is 0 Å². The van der Waals surface area contributed by atoms with Gasteiger partial charge < -0.3 is 16.4 Å². The molecule has 176 valence electrons. The van der Waals surface area contributed by atoms with Crippen molar-refractivity contribution in [1.29, 1.82) is 0 Å². The number of para-hydroxylation sites is 1. The quantitative estimate of drug-likeness (QED) is 0.367. The van der Waals surface area contributed by atoms with E-state index >= 15 is 0 Å². The van der Waals surface area contributed by atoms with Crippen LogP contribution in [0.4, 0.5) is 22.4 Å². The number of amides is 3. The van der Waals surface area contributed by atoms with Crippen molar-refractivity contribution in [3.05, 3.63) is 83.7 Å². The summed E-state index contributed by atoms with van der Waals surface area (Å²) < 4.78 is 0. The normalized spacial score (nSPS) is 17.6. The van der Waals surface area contributed by atoms with Crippen molar-refractivity contribution in [2.75, 3.05) is 11.1 Å². The van der Waals surface area contributed by atoms with Crippen LogP contribution in [0.15, 0.2) is 66.7 Å². The number of nitrogens with zero attached hydrogens (tertiary/aromatic N) is 4. The number of benzene rings is 3. The first-order valence-corrected chi connectivity index (χ1v) is 11.4. The molecule has 1 saturated heterocycles. The summed E-state index contributed by atoms with van der Waals surface area (Å²) in [6.45, 7) is 3.62. The fourth-order valence-electron chi connectivity index (χ4n) is 4.31. The van der Waals surface area contributed by atoms with Crippen molar-refractivity contribution >= 4 is 40.3 Å². The number of nitrogens with one attached hydrogen (secondary N) is 2. The molecule has 1 aliphatic heterocycles. The van der Waals surface area contributed by atoms with Crippen LogP contribution in [-0.4, -0.2) is 31.8 Å². The van der Waals surface area contributed by atoms with E-state index in [-0.39, 0.29) is 30.2 Å². The number of hydrogen-bond donors (Lipinski definition) is 3. The van der Waals surface area contributed by atoms with Crippen LogP contribution in [0.2, 0.25) is 0 Å². The number of anilines is 3. The number of carbonyl (C=O) groups excluding carboxylic acids is 2. The third-order valence-corrected chi connectivity index (χ3v) is 6.25. The Morgan fingerprint density at radius 3 is 2.51 bits per heavy atom. The minimum absolute atomic E-state index is 0.00387. The molecule has 0 bridgehead atoms. The summed E-state index contributed by atoms with van der Waals surface area (Å²) in [4.78, 5) is 40.1. The van der Waals surface area contributed by atoms with E-state index in [2.05, 4.69) is 32.5 Å². The fourth-order valence-corrected chi connectivity index (χ4v) is 4.31. The van der Waals surface area contributed by atoms with Gasteiger partial charge in [0.1, 0.15) is 5.54 Å². The highest BCUT2D eigenvalue weighted by molar-refractivity contribution is 6.07. The Bertz CT molecular complexity index is 1450. The SMILES string of the molecule is CCc1ccccc1Nc1nc(N)nc(CN2C(=O)NC(C)(c3ccc4ccccc4c3)C2=O)n1. The molecule has 1 fully saturated rings. The summed E-state index contributed by atoms with van der Waals surface area (Å²) >= 11 is 0. The zero-order valence-corrected chi connectivity index (χ0v) is 19.4. The Hall–Kier alpha value is -4.53. The van der Waals surface area contributed by atoms with Crippen molar-refractivity contribution in [2.45, 2.75) is 32.4 Å². The second-order valence-corrected chi connectivity index (χ2v) is 8.58. The lowest BCUT2D eigenvalue weighted by Crippen LogP contribution is -2.40. The van der Waals surface area contributed by atoms with Crippen LogP contribution >= 0.6 is 0 Å². The summed E-state index contributed by atoms with van der Waals surface area (Å²) in [7, 11) is 0. The summed E-state index contributed by atoms with van der Waals surface area (Å²) in [5.74, 6) is 0.0661. The van der Waals surface area contributed by atoms with Crippen LogP contribution in [-0.2, 0) is 23.3 Å². The van der Waals surface area contributed by atoms with Crippen LogP contribution in [0.25, 0.3) is 10.8 Å². The van der Waals surface area contributed by atoms with Gasteiger partial charge in [-0.3, -0.25) is 9.69 Å². The van der Waals surface area contributed by atoms with Gasteiger partial charge in [-0.25, -0.2) is 4.79 Å². The molecule has 0 saturated carbocycles. The Balaban J connectivity index is 1.41. The van der Waals surface area contributed by atoms with E-state index < -0.39 is 11.6 Å². The average Bonchev–Trinajstić information content (AvgIpc) is 3.07. The number of nitrogen functional groups attached to an aromatic ring is 1. The molecule has 3 aromatic carbocycles. The number of urea groups is 1. The molecule has 5 rings (SSSR count). The zero-order valence-electron chi connectivity index (χ0n) is 19.4. The summed E-state index contributed by atoms with van der Waals surface area (Å²) in [5, 5.41) is 8.04. The number of hydrogen-bond acceptors (Lipinski definition) is 7. The number of nitrogens with two attached hydrogens (primary N) is 1. The Kier molecular flexibility index (Phi) is 5.52. The monoisotopic (exact) mass is 467 g/mol. The second-order valence-electron chi connectivity index (χ2n) is 8.58. The van der Waals surface area contributed by atoms with Gasteiger partial charge in [0.15, 0.2) is 5.82 Å². The van der Waals surface area contributed by atoms with Gasteiger partial charge in [-0.05, 0) is 47.4 Å². The average molecular weight is 468 g/mol. The highest BCUT2D eigenvalue weighted by atomic mass is 16.2. The van der Waals surface area contributed by atoms with Gasteiger partial charge in [0.2, 0.25) is 11.9 Å². The summed E-state index contributed by atoms with van der Waals surface area (Å²) in [5.41, 5.74) is 7.35. The van der Waals surface area contributed by atoms with Gasteiger partial charge in [-0.2, -0.15) is 15.0 Å². The molecular formula is C26H25N7O2. The van der Waals surface area contributed by atoms with Gasteiger partial charge in [0.05, 0.1) is 6.54 Å². The van der Waals surface area contributed by atoms with E-state index in [1.54, 1.807) is 6.92 Å². The Morgan fingerprint density at radius 1 is 0.971 bits per heavy atom. The highest BCUT2D eigenvalue weighted by Crippen LogP contribution is 2.31. The van der Waals surface area contributed by atoms with Gasteiger partial charge in [0, 0.05) is 5.69 Å². The number of carbonyl (C=O) groups is 2. The molecule has 3 amide bonds. The number of aromatic nitrogens is 3. The third kappa shape index (κ3) is 4.12. The highest BCUT2D eigenvalue weighted by Gasteiger charge is 2.49. The lowest BCUT2D eigenvalue weighted by molar-refractivity contribution is -0.131. The number of rotatable bonds is 6. The Morgan fingerprint density at radius 2 is 1.71 bits per heavy atom. The van der Waals surface area contributed by atoms with Crippen molar-refractivity contribution in [3.8, 4) is 0 Å². The molecule has 0 spiro atoms. The van der Waals surface area contributed by atoms with E-state index in [1.165, 1.54) is 0 Å². The van der Waals surface area contributed by atoms with E-state index in [1.807, 2.05) is 66.7 Å². The minimum atomic E-state index is -1.21. The molecule has 1 unspecified atom stereocenters. The molecule has 9 heteroatoms. The largest absolute Gasteiger partial charge is 0.368 e. The van der Waals surface area contributed by atoms with E-state index in [4.69, 9.17) is 5.73 Å². The first-order chi connectivity index (χ1) is 16.9. The predicted molar refractivity (Wildman–Crippen MR) is 134 cm³/mol. The first-order valence-electron chi connectivity index (χ1n) is 11.4. The van der Waals surface area contributed by atoms with Gasteiger partial charge in [-0.15, -0.1) is 0 Å². The maximum Gasteiger partial charge on any atom is 0.325 e. The molecule has 0 aliphatic carbocycles. The standard InChI is InChI=1S/C26H25N7O2/c1-3-16-8-6-7-11-20(16)28-24-30-21(29-23(27)31-24)15-33-22(34)26(2,32-25(33)35)19-13-12-17-9-4-5-10-18(17)14-19/h4-14H,3,15H2,1-2H3,(H,32,35)(H3,27,28,29,30,31). The minimum Gasteiger partial charge on any atom is -0.368 e. The van der Waals surface area contributed by atoms with Crippen LogP contribution < -0.4 is 16.4 Å². The Labute approximate surface area is 202 Å². The van der Waals surface area contributed by atoms with Crippen molar-refractivity contribution in [3.63, 3.8) is 0 Å². The maximum atomic E-state index is 13.4. The lowest BCUT2D eigenvalue weighted by Gasteiger charge is -2.22. The molecule has 1 aliphatic rings. The lowest BCUT2D eigenvalue weighted by atomic mass is 9.90. The van der Waals surface area contributed by atoms with E-state index in [9.17, 15) is 9.59 Å². The second kappa shape index (κ2) is 8.68. The number of imide groups is 1. The molecule has 35 heavy (non-hydrogen) atoms. The molecule has 4 aromatic rings. The fraction of sp³-hybridized carbons (Fsp3) is 0.192. The molecule has 4 N–H and O–H groups in total. The van der Waals surface area contributed by atoms with Gasteiger partial charge in [0.25, 0.3) is 5.91 Å². The van der Waals surface area contributed by atoms with Gasteiger partial charge >= 0.3 is 6.03 Å². The molecule has 2 heterocycles. The van der Waals surface area contributed by atoms with Gasteiger partial charge in [-0.1, -0.05) is 61.5 Å². The molecular weight excluding hydrogens is 442 g/mol. The molecule has 1 aromatic heterocycles. The predicted octanol–water partition coefficient (Wildman–Crippen LogP) is 3.88. The van der Waals surface area contributed by atoms with Crippen molar-refractivity contribution in [2.24, 2.45) is 0 Å². The van der Waals surface area contributed by atoms with E-state index in [0.29, 0.717) is 5.56 Å². The third-order valence-electron chi connectivity index (χ3n) is 6.25. The summed E-state index contributed by atoms with van der Waals surface area (Å²) in [6, 6.07) is 20.9. The van der Waals surface area contributed by atoms with Crippen LogP contribution in [0.3, 0.4) is 0 Å². The molecule has 1 atom stereocenters. The summed E-state index contributed by atoms with van der Waals surface area (Å²) in [6.07, 6.45) is 0.826. The maximum absolute atomic E-state index is 13.4. The first kappa shape index (κ1) is 22.3. The van der Waals surface area contributed by atoms with Crippen molar-refractivity contribution in [1.82, 2.24) is 25.2 Å². The van der Waals surface area contributed by atoms with Crippen LogP contribution in [0.5, 0.6) is 0 Å². The zero-order chi connectivity index (χ0) is 24.6. The van der Waals surface area contributed by atoms with Crippen LogP contribution in [0.1, 0.15) is 30.8 Å². The topological polar surface area (TPSA) is 126 Å². The molecule has 0 radical (unpaired) electrons.